The summed E-state index contributed by atoms with van der Waals surface area (Å²) in [6.45, 7) is 2.60. The third-order valence-electron chi connectivity index (χ3n) is 4.73. The molecule has 0 aromatic heterocycles. The highest BCUT2D eigenvalue weighted by molar-refractivity contribution is 6.35. The molecule has 0 heterocycles. The first-order chi connectivity index (χ1) is 12.0. The zero-order valence-electron chi connectivity index (χ0n) is 14.7. The van der Waals surface area contributed by atoms with Crippen molar-refractivity contribution >= 4 is 35.0 Å². The van der Waals surface area contributed by atoms with Gasteiger partial charge in [-0.2, -0.15) is 0 Å². The minimum absolute atomic E-state index is 0.0351. The Bertz CT molecular complexity index is 601. The van der Waals surface area contributed by atoms with Crippen molar-refractivity contribution in [3.63, 3.8) is 0 Å². The van der Waals surface area contributed by atoms with Gasteiger partial charge in [0.1, 0.15) is 0 Å². The van der Waals surface area contributed by atoms with Gasteiger partial charge in [0.15, 0.2) is 0 Å². The quantitative estimate of drug-likeness (QED) is 0.764. The summed E-state index contributed by atoms with van der Waals surface area (Å²) in [5.41, 5.74) is 0.957. The van der Waals surface area contributed by atoms with Gasteiger partial charge in [0, 0.05) is 42.5 Å². The minimum atomic E-state index is -0.0351. The third kappa shape index (κ3) is 6.52. The molecule has 2 amide bonds. The van der Waals surface area contributed by atoms with Crippen LogP contribution in [-0.2, 0) is 16.0 Å². The number of halogens is 2. The van der Waals surface area contributed by atoms with E-state index in [0.717, 1.165) is 18.4 Å². The molecule has 1 aromatic carbocycles. The number of rotatable bonds is 7. The first-order valence-corrected chi connectivity index (χ1v) is 9.71. The fourth-order valence-electron chi connectivity index (χ4n) is 3.36. The molecule has 1 aliphatic rings. The molecule has 4 nitrogen and oxygen atoms in total. The second-order valence-electron chi connectivity index (χ2n) is 6.59. The lowest BCUT2D eigenvalue weighted by Gasteiger charge is -2.33. The Hall–Kier alpha value is -1.26. The highest BCUT2D eigenvalue weighted by Gasteiger charge is 2.23. The van der Waals surface area contributed by atoms with Crippen LogP contribution in [0.2, 0.25) is 10.0 Å². The molecule has 1 aliphatic carbocycles. The molecule has 1 saturated carbocycles. The molecule has 0 radical (unpaired) electrons. The van der Waals surface area contributed by atoms with Crippen LogP contribution >= 0.6 is 23.2 Å². The molecule has 0 atom stereocenters. The first kappa shape index (κ1) is 20.1. The largest absolute Gasteiger partial charge is 0.356 e. The fraction of sp³-hybridized carbons (Fsp3) is 0.579. The minimum Gasteiger partial charge on any atom is -0.356 e. The summed E-state index contributed by atoms with van der Waals surface area (Å²) in [4.78, 5) is 25.8. The van der Waals surface area contributed by atoms with E-state index in [0.29, 0.717) is 42.0 Å². The molecule has 0 aliphatic heterocycles. The SMILES string of the molecule is CC(=O)N(CCC(=O)NCCc1ccc(Cl)cc1Cl)C1CCCCC1. The zero-order valence-corrected chi connectivity index (χ0v) is 16.2. The lowest BCUT2D eigenvalue weighted by atomic mass is 9.94. The molecule has 0 unspecified atom stereocenters. The monoisotopic (exact) mass is 384 g/mol. The molecule has 0 saturated heterocycles. The summed E-state index contributed by atoms with van der Waals surface area (Å²) in [5, 5.41) is 4.12. The van der Waals surface area contributed by atoms with E-state index < -0.39 is 0 Å². The summed E-state index contributed by atoms with van der Waals surface area (Å²) in [7, 11) is 0. The van der Waals surface area contributed by atoms with Gasteiger partial charge in [-0.25, -0.2) is 0 Å². The van der Waals surface area contributed by atoms with Crippen LogP contribution in [0.25, 0.3) is 0 Å². The van der Waals surface area contributed by atoms with Gasteiger partial charge < -0.3 is 10.2 Å². The number of carbonyl (C=O) groups excluding carboxylic acids is 2. The molecule has 0 bridgehead atoms. The molecule has 25 heavy (non-hydrogen) atoms. The summed E-state index contributed by atoms with van der Waals surface area (Å²) < 4.78 is 0. The normalized spacial score (nSPS) is 15.0. The van der Waals surface area contributed by atoms with Crippen molar-refractivity contribution in [3.05, 3.63) is 33.8 Å². The van der Waals surface area contributed by atoms with E-state index in [2.05, 4.69) is 5.32 Å². The third-order valence-corrected chi connectivity index (χ3v) is 5.32. The molecular weight excluding hydrogens is 359 g/mol. The maximum atomic E-state index is 12.1. The van der Waals surface area contributed by atoms with E-state index in [1.54, 1.807) is 19.1 Å². The Labute approximate surface area is 159 Å². The Kier molecular flexibility index (Phi) is 8.04. The predicted octanol–water partition coefficient (Wildman–Crippen LogP) is 4.22. The van der Waals surface area contributed by atoms with Gasteiger partial charge in [-0.15, -0.1) is 0 Å². The smallest absolute Gasteiger partial charge is 0.221 e. The predicted molar refractivity (Wildman–Crippen MR) is 102 cm³/mol. The van der Waals surface area contributed by atoms with Crippen LogP contribution in [0.15, 0.2) is 18.2 Å². The van der Waals surface area contributed by atoms with Crippen LogP contribution in [0, 0.1) is 0 Å². The highest BCUT2D eigenvalue weighted by atomic mass is 35.5. The standard InChI is InChI=1S/C19H26Cl2N2O2/c1-14(24)23(17-5-3-2-4-6-17)12-10-19(25)22-11-9-15-7-8-16(20)13-18(15)21/h7-8,13,17H,2-6,9-12H2,1H3,(H,22,25). The maximum absolute atomic E-state index is 12.1. The Morgan fingerprint density at radius 2 is 1.92 bits per heavy atom. The molecular formula is C19H26Cl2N2O2. The Morgan fingerprint density at radius 1 is 1.20 bits per heavy atom. The fourth-order valence-corrected chi connectivity index (χ4v) is 3.86. The van der Waals surface area contributed by atoms with Crippen LogP contribution in [0.3, 0.4) is 0 Å². The molecule has 1 aromatic rings. The molecule has 0 spiro atoms. The topological polar surface area (TPSA) is 49.4 Å². The zero-order chi connectivity index (χ0) is 18.2. The number of hydrogen-bond donors (Lipinski definition) is 1. The molecule has 1 N–H and O–H groups in total. The Balaban J connectivity index is 1.74. The van der Waals surface area contributed by atoms with Gasteiger partial charge in [-0.3, -0.25) is 9.59 Å². The van der Waals surface area contributed by atoms with Crippen LogP contribution in [-0.4, -0.2) is 35.8 Å². The van der Waals surface area contributed by atoms with E-state index in [9.17, 15) is 9.59 Å². The van der Waals surface area contributed by atoms with Crippen LogP contribution in [0.4, 0.5) is 0 Å². The molecule has 138 valence electrons. The van der Waals surface area contributed by atoms with Crippen LogP contribution in [0.5, 0.6) is 0 Å². The van der Waals surface area contributed by atoms with Crippen molar-refractivity contribution in [2.45, 2.75) is 57.9 Å². The number of nitrogens with zero attached hydrogens (tertiary/aromatic N) is 1. The van der Waals surface area contributed by atoms with Crippen LogP contribution in [0.1, 0.15) is 51.0 Å². The lowest BCUT2D eigenvalue weighted by molar-refractivity contribution is -0.132. The second kappa shape index (κ2) is 10.0. The first-order valence-electron chi connectivity index (χ1n) is 8.95. The highest BCUT2D eigenvalue weighted by Crippen LogP contribution is 2.23. The van der Waals surface area contributed by atoms with Gasteiger partial charge in [0.2, 0.25) is 11.8 Å². The van der Waals surface area contributed by atoms with Crippen molar-refractivity contribution < 1.29 is 9.59 Å². The summed E-state index contributed by atoms with van der Waals surface area (Å²) >= 11 is 12.0. The second-order valence-corrected chi connectivity index (χ2v) is 7.43. The number of nitrogens with one attached hydrogen (secondary N) is 1. The number of benzene rings is 1. The molecule has 1 fully saturated rings. The van der Waals surface area contributed by atoms with E-state index in [1.807, 2.05) is 11.0 Å². The van der Waals surface area contributed by atoms with Gasteiger partial charge in [-0.05, 0) is 37.0 Å². The van der Waals surface area contributed by atoms with Gasteiger partial charge in [-0.1, -0.05) is 48.5 Å². The van der Waals surface area contributed by atoms with E-state index in [4.69, 9.17) is 23.2 Å². The lowest BCUT2D eigenvalue weighted by Crippen LogP contribution is -2.42. The van der Waals surface area contributed by atoms with Crippen molar-refractivity contribution in [2.75, 3.05) is 13.1 Å². The van der Waals surface area contributed by atoms with Crippen LogP contribution < -0.4 is 5.32 Å². The number of hydrogen-bond acceptors (Lipinski definition) is 2. The maximum Gasteiger partial charge on any atom is 0.221 e. The van der Waals surface area contributed by atoms with Crippen molar-refractivity contribution in [1.82, 2.24) is 10.2 Å². The number of amides is 2. The summed E-state index contributed by atoms with van der Waals surface area (Å²) in [6.07, 6.45) is 6.68. The van der Waals surface area contributed by atoms with Gasteiger partial charge in [0.05, 0.1) is 0 Å². The van der Waals surface area contributed by atoms with Gasteiger partial charge in [0.25, 0.3) is 0 Å². The number of carbonyl (C=O) groups is 2. The van der Waals surface area contributed by atoms with E-state index in [-0.39, 0.29) is 11.8 Å². The van der Waals surface area contributed by atoms with Crippen molar-refractivity contribution in [3.8, 4) is 0 Å². The summed E-state index contributed by atoms with van der Waals surface area (Å²) in [5.74, 6) is 0.0276. The molecule has 2 rings (SSSR count). The molecule has 6 heteroatoms. The summed E-state index contributed by atoms with van der Waals surface area (Å²) in [6, 6.07) is 5.67. The van der Waals surface area contributed by atoms with Gasteiger partial charge >= 0.3 is 0 Å². The average Bonchev–Trinajstić information content (AvgIpc) is 2.57. The average molecular weight is 385 g/mol. The van der Waals surface area contributed by atoms with E-state index >= 15 is 0 Å². The Morgan fingerprint density at radius 3 is 2.56 bits per heavy atom. The van der Waals surface area contributed by atoms with E-state index in [1.165, 1.54) is 19.3 Å². The van der Waals surface area contributed by atoms with Crippen molar-refractivity contribution in [2.24, 2.45) is 0 Å². The van der Waals surface area contributed by atoms with Crippen molar-refractivity contribution in [1.29, 1.82) is 0 Å².